The lowest BCUT2D eigenvalue weighted by atomic mass is 10.6. The third kappa shape index (κ3) is 2.50. The van der Waals surface area contributed by atoms with E-state index in [9.17, 15) is 4.79 Å². The van der Waals surface area contributed by atoms with Gasteiger partial charge in [-0.05, 0) is 0 Å². The zero-order valence-electron chi connectivity index (χ0n) is 6.37. The number of hydrogen-bond acceptors (Lipinski definition) is 2. The van der Waals surface area contributed by atoms with Crippen LogP contribution in [0, 0.1) is 0 Å². The van der Waals surface area contributed by atoms with E-state index in [-0.39, 0.29) is 0 Å². The molecule has 0 spiro atoms. The van der Waals surface area contributed by atoms with Crippen molar-refractivity contribution in [3.8, 4) is 0 Å². The van der Waals surface area contributed by atoms with Crippen molar-refractivity contribution in [1.29, 1.82) is 0 Å². The van der Waals surface area contributed by atoms with Crippen molar-refractivity contribution < 1.29 is 4.79 Å². The third-order valence-electron chi connectivity index (χ3n) is 1.04. The Morgan fingerprint density at radius 2 is 2.20 bits per heavy atom. The van der Waals surface area contributed by atoms with Crippen molar-refractivity contribution in [2.24, 2.45) is 5.73 Å². The first-order valence-electron chi connectivity index (χ1n) is 2.94. The van der Waals surface area contributed by atoms with Gasteiger partial charge in [-0.3, -0.25) is 5.01 Å². The van der Waals surface area contributed by atoms with Gasteiger partial charge < -0.3 is 5.73 Å². The van der Waals surface area contributed by atoms with Crippen LogP contribution < -0.4 is 5.73 Å². The van der Waals surface area contributed by atoms with E-state index in [0.717, 1.165) is 0 Å². The molecule has 0 radical (unpaired) electrons. The minimum atomic E-state index is -0.468. The fraction of sp³-hybridized carbons (Fsp3) is 0.500. The minimum absolute atomic E-state index is 0.447. The smallest absolute Gasteiger partial charge is 0.329 e. The van der Waals surface area contributed by atoms with Crippen molar-refractivity contribution in [2.45, 2.75) is 0 Å². The van der Waals surface area contributed by atoms with E-state index in [4.69, 9.17) is 5.73 Å². The molecular weight excluding hydrogens is 130 g/mol. The van der Waals surface area contributed by atoms with Gasteiger partial charge in [0.2, 0.25) is 0 Å². The number of primary amides is 1. The number of hydrogen-bond donors (Lipinski definition) is 1. The van der Waals surface area contributed by atoms with E-state index >= 15 is 0 Å². The van der Waals surface area contributed by atoms with Gasteiger partial charge in [0.1, 0.15) is 0 Å². The van der Waals surface area contributed by atoms with Crippen LogP contribution in [0.3, 0.4) is 0 Å². The highest BCUT2D eigenvalue weighted by atomic mass is 16.2. The van der Waals surface area contributed by atoms with Crippen LogP contribution in [0.25, 0.3) is 0 Å². The second-order valence-electron chi connectivity index (χ2n) is 2.06. The van der Waals surface area contributed by atoms with Crippen LogP contribution in [-0.4, -0.2) is 36.7 Å². The fourth-order valence-corrected chi connectivity index (χ4v) is 0.573. The summed E-state index contributed by atoms with van der Waals surface area (Å²) in [4.78, 5) is 10.6. The molecule has 10 heavy (non-hydrogen) atoms. The highest BCUT2D eigenvalue weighted by Crippen LogP contribution is 1.89. The molecule has 2 N–H and O–H groups in total. The first-order valence-corrected chi connectivity index (χ1v) is 2.94. The van der Waals surface area contributed by atoms with E-state index in [1.807, 2.05) is 0 Å². The maximum atomic E-state index is 10.6. The summed E-state index contributed by atoms with van der Waals surface area (Å²) in [5.41, 5.74) is 5.02. The number of carbonyl (C=O) groups is 1. The van der Waals surface area contributed by atoms with Gasteiger partial charge in [-0.25, -0.2) is 9.80 Å². The van der Waals surface area contributed by atoms with Gasteiger partial charge in [-0.2, -0.15) is 0 Å². The molecule has 0 rings (SSSR count). The number of hydrazine groups is 1. The molecule has 0 heterocycles. The Kier molecular flexibility index (Phi) is 3.49. The Balaban J connectivity index is 3.97. The van der Waals surface area contributed by atoms with Crippen molar-refractivity contribution in [2.75, 3.05) is 20.6 Å². The van der Waals surface area contributed by atoms with Crippen LogP contribution in [0.1, 0.15) is 0 Å². The van der Waals surface area contributed by atoms with Crippen LogP contribution in [-0.2, 0) is 0 Å². The lowest BCUT2D eigenvalue weighted by Crippen LogP contribution is -2.45. The predicted octanol–water partition coefficient (Wildman–Crippen LogP) is 0.0297. The van der Waals surface area contributed by atoms with E-state index in [1.165, 1.54) is 5.01 Å². The molecule has 0 bridgehead atoms. The van der Waals surface area contributed by atoms with Crippen LogP contribution in [0.5, 0.6) is 0 Å². The quantitative estimate of drug-likeness (QED) is 0.447. The summed E-state index contributed by atoms with van der Waals surface area (Å²) in [6.07, 6.45) is 1.62. The lowest BCUT2D eigenvalue weighted by molar-refractivity contribution is 0.0801. The van der Waals surface area contributed by atoms with Crippen molar-refractivity contribution in [3.05, 3.63) is 12.7 Å². The molecule has 0 saturated carbocycles. The Bertz CT molecular complexity index is 133. The summed E-state index contributed by atoms with van der Waals surface area (Å²) < 4.78 is 0. The molecule has 0 aromatic carbocycles. The molecule has 0 aliphatic heterocycles. The first kappa shape index (κ1) is 8.97. The summed E-state index contributed by atoms with van der Waals surface area (Å²) >= 11 is 0. The summed E-state index contributed by atoms with van der Waals surface area (Å²) in [7, 11) is 3.49. The second kappa shape index (κ2) is 3.90. The highest BCUT2D eigenvalue weighted by Gasteiger charge is 2.08. The summed E-state index contributed by atoms with van der Waals surface area (Å²) in [6.45, 7) is 3.94. The molecule has 0 saturated heterocycles. The number of urea groups is 1. The zero-order valence-corrected chi connectivity index (χ0v) is 6.37. The average molecular weight is 143 g/mol. The van der Waals surface area contributed by atoms with Gasteiger partial charge in [0.15, 0.2) is 0 Å². The molecule has 0 aromatic heterocycles. The van der Waals surface area contributed by atoms with Gasteiger partial charge in [0.05, 0.1) is 6.54 Å². The molecule has 0 aliphatic carbocycles. The zero-order chi connectivity index (χ0) is 8.15. The lowest BCUT2D eigenvalue weighted by Gasteiger charge is -2.25. The number of rotatable bonds is 3. The largest absolute Gasteiger partial charge is 0.350 e. The Morgan fingerprint density at radius 1 is 1.70 bits per heavy atom. The van der Waals surface area contributed by atoms with E-state index < -0.39 is 6.03 Å². The third-order valence-corrected chi connectivity index (χ3v) is 1.04. The minimum Gasteiger partial charge on any atom is -0.350 e. The Hall–Kier alpha value is -1.03. The summed E-state index contributed by atoms with van der Waals surface area (Å²) in [5, 5.41) is 2.98. The maximum absolute atomic E-state index is 10.6. The van der Waals surface area contributed by atoms with Gasteiger partial charge >= 0.3 is 6.03 Å². The van der Waals surface area contributed by atoms with Crippen LogP contribution in [0.4, 0.5) is 4.79 Å². The topological polar surface area (TPSA) is 49.6 Å². The summed E-state index contributed by atoms with van der Waals surface area (Å²) in [6, 6.07) is -0.468. The maximum Gasteiger partial charge on any atom is 0.329 e. The molecular formula is C6H13N3O. The SMILES string of the molecule is C=CCN(C(N)=O)N(C)C. The van der Waals surface area contributed by atoms with E-state index in [2.05, 4.69) is 6.58 Å². The number of amides is 2. The van der Waals surface area contributed by atoms with Crippen molar-refractivity contribution in [1.82, 2.24) is 10.0 Å². The molecule has 0 atom stereocenters. The molecule has 2 amide bonds. The summed E-state index contributed by atoms with van der Waals surface area (Å²) in [5.74, 6) is 0. The highest BCUT2D eigenvalue weighted by molar-refractivity contribution is 5.71. The van der Waals surface area contributed by atoms with E-state index in [1.54, 1.807) is 25.2 Å². The Morgan fingerprint density at radius 3 is 2.30 bits per heavy atom. The molecule has 0 aliphatic rings. The average Bonchev–Trinajstić information content (AvgIpc) is 1.81. The first-order chi connectivity index (χ1) is 4.59. The van der Waals surface area contributed by atoms with Crippen LogP contribution >= 0.6 is 0 Å². The van der Waals surface area contributed by atoms with E-state index in [0.29, 0.717) is 6.54 Å². The molecule has 4 heteroatoms. The number of carbonyl (C=O) groups excluding carboxylic acids is 1. The molecule has 0 aromatic rings. The molecule has 0 unspecified atom stereocenters. The van der Waals surface area contributed by atoms with Gasteiger partial charge in [0.25, 0.3) is 0 Å². The van der Waals surface area contributed by atoms with Gasteiger partial charge in [-0.15, -0.1) is 6.58 Å². The van der Waals surface area contributed by atoms with Crippen molar-refractivity contribution >= 4 is 6.03 Å². The van der Waals surface area contributed by atoms with Gasteiger partial charge in [0, 0.05) is 14.1 Å². The van der Waals surface area contributed by atoms with Crippen molar-refractivity contribution in [3.63, 3.8) is 0 Å². The van der Waals surface area contributed by atoms with Crippen LogP contribution in [0.15, 0.2) is 12.7 Å². The number of nitrogens with two attached hydrogens (primary N) is 1. The van der Waals surface area contributed by atoms with Gasteiger partial charge in [-0.1, -0.05) is 6.08 Å². The molecule has 4 nitrogen and oxygen atoms in total. The van der Waals surface area contributed by atoms with Crippen LogP contribution in [0.2, 0.25) is 0 Å². The molecule has 0 fully saturated rings. The second-order valence-corrected chi connectivity index (χ2v) is 2.06. The molecule has 58 valence electrons. The normalized spacial score (nSPS) is 9.50. The Labute approximate surface area is 60.9 Å². The monoisotopic (exact) mass is 143 g/mol. The predicted molar refractivity (Wildman–Crippen MR) is 40.2 cm³/mol. The standard InChI is InChI=1S/C6H13N3O/c1-4-5-9(6(7)10)8(2)3/h4H,1,5H2,2-3H3,(H2,7,10). The number of nitrogens with zero attached hydrogens (tertiary/aromatic N) is 2. The fourth-order valence-electron chi connectivity index (χ4n) is 0.573.